The lowest BCUT2D eigenvalue weighted by atomic mass is 10.0. The minimum atomic E-state index is -4.40. The van der Waals surface area contributed by atoms with Crippen LogP contribution in [0.25, 0.3) is 0 Å². The van der Waals surface area contributed by atoms with Gasteiger partial charge in [-0.3, -0.25) is 18.6 Å². The molecule has 0 saturated heterocycles. The number of quaternary nitrogens is 1. The summed E-state index contributed by atoms with van der Waals surface area (Å²) in [6.45, 7) is 4.02. The van der Waals surface area contributed by atoms with Gasteiger partial charge in [-0.05, 0) is 44.9 Å². The summed E-state index contributed by atoms with van der Waals surface area (Å²) in [6, 6.07) is 0. The monoisotopic (exact) mass is 853 g/mol. The molecule has 10 nitrogen and oxygen atoms in total. The topological polar surface area (TPSA) is 129 Å². The summed E-state index contributed by atoms with van der Waals surface area (Å²) in [5.74, 6) is -0.884. The van der Waals surface area contributed by atoms with Crippen LogP contribution in [-0.2, 0) is 32.7 Å². The summed E-state index contributed by atoms with van der Waals surface area (Å²) in [5, 5.41) is 9.49. The largest absolute Gasteiger partial charge is 0.472 e. The molecule has 0 fully saturated rings. The number of hydrogen-bond acceptors (Lipinski definition) is 8. The number of allylic oxidation sites excluding steroid dienone is 9. The van der Waals surface area contributed by atoms with Gasteiger partial charge in [0.2, 0.25) is 0 Å². The fraction of sp³-hybridized carbons (Fsp3) is 0.750. The molecular weight excluding hydrogens is 765 g/mol. The van der Waals surface area contributed by atoms with Crippen LogP contribution in [0, 0.1) is 0 Å². The number of ether oxygens (including phenoxy) is 2. The lowest BCUT2D eigenvalue weighted by Gasteiger charge is -2.24. The molecule has 0 aliphatic carbocycles. The van der Waals surface area contributed by atoms with Gasteiger partial charge in [-0.1, -0.05) is 177 Å². The number of aliphatic hydroxyl groups is 1. The second kappa shape index (κ2) is 39.8. The Bertz CT molecular complexity index is 1210. The van der Waals surface area contributed by atoms with Gasteiger partial charge in [0.1, 0.15) is 19.8 Å². The highest BCUT2D eigenvalue weighted by atomic mass is 31.2. The number of hydrogen-bond donors (Lipinski definition) is 2. The third-order valence-corrected chi connectivity index (χ3v) is 10.7. The number of rotatable bonds is 41. The molecule has 0 rings (SSSR count). The maximum Gasteiger partial charge on any atom is 0.472 e. The van der Waals surface area contributed by atoms with E-state index in [1.165, 1.54) is 89.9 Å². The van der Waals surface area contributed by atoms with Crippen molar-refractivity contribution in [2.45, 2.75) is 187 Å². The molecule has 0 heterocycles. The number of phosphoric acid groups is 1. The second-order valence-electron chi connectivity index (χ2n) is 16.6. The number of carbonyl (C=O) groups excluding carboxylic acids is 2. The van der Waals surface area contributed by atoms with Crippen molar-refractivity contribution in [3.05, 3.63) is 60.8 Å². The lowest BCUT2D eigenvalue weighted by molar-refractivity contribution is -0.870. The second-order valence-corrected chi connectivity index (χ2v) is 18.1. The van der Waals surface area contributed by atoms with Gasteiger partial charge in [0.15, 0.2) is 6.10 Å². The fourth-order valence-corrected chi connectivity index (χ4v) is 6.68. The van der Waals surface area contributed by atoms with E-state index >= 15 is 0 Å². The summed E-state index contributed by atoms with van der Waals surface area (Å²) in [7, 11) is 1.41. The molecular formula is C48H87NO9P+. The third-order valence-electron chi connectivity index (χ3n) is 9.72. The first kappa shape index (κ1) is 56.7. The fourth-order valence-electron chi connectivity index (χ4n) is 5.94. The van der Waals surface area contributed by atoms with Crippen LogP contribution in [0.4, 0.5) is 0 Å². The van der Waals surface area contributed by atoms with E-state index in [-0.39, 0.29) is 32.2 Å². The third kappa shape index (κ3) is 43.6. The van der Waals surface area contributed by atoms with E-state index in [0.717, 1.165) is 38.5 Å². The highest BCUT2D eigenvalue weighted by Gasteiger charge is 2.27. The molecule has 0 aromatic carbocycles. The highest BCUT2D eigenvalue weighted by Crippen LogP contribution is 2.43. The van der Waals surface area contributed by atoms with Crippen LogP contribution in [0.15, 0.2) is 60.8 Å². The Morgan fingerprint density at radius 3 is 1.63 bits per heavy atom. The van der Waals surface area contributed by atoms with Gasteiger partial charge in [-0.2, -0.15) is 0 Å². The molecule has 0 radical (unpaired) electrons. The summed E-state index contributed by atoms with van der Waals surface area (Å²) in [5.41, 5.74) is 0. The van der Waals surface area contributed by atoms with E-state index in [1.807, 2.05) is 52.4 Å². The molecule has 0 spiro atoms. The molecule has 59 heavy (non-hydrogen) atoms. The van der Waals surface area contributed by atoms with Crippen molar-refractivity contribution in [3.8, 4) is 0 Å². The van der Waals surface area contributed by atoms with Crippen LogP contribution in [0.3, 0.4) is 0 Å². The first-order valence-electron chi connectivity index (χ1n) is 23.1. The smallest absolute Gasteiger partial charge is 0.462 e. The molecule has 0 aromatic heterocycles. The number of aliphatic hydroxyl groups excluding tert-OH is 1. The quantitative estimate of drug-likeness (QED) is 0.0154. The highest BCUT2D eigenvalue weighted by molar-refractivity contribution is 7.47. The molecule has 0 bridgehead atoms. The van der Waals surface area contributed by atoms with Gasteiger partial charge in [0.25, 0.3) is 0 Å². The van der Waals surface area contributed by atoms with Crippen LogP contribution >= 0.6 is 7.82 Å². The average molecular weight is 853 g/mol. The molecule has 0 aromatic rings. The number of likely N-dealkylation sites (N-methyl/N-ethyl adjacent to an activating group) is 1. The van der Waals surface area contributed by atoms with E-state index < -0.39 is 32.5 Å². The van der Waals surface area contributed by atoms with Crippen LogP contribution < -0.4 is 0 Å². The Balaban J connectivity index is 4.43. The minimum absolute atomic E-state index is 0.0132. The Labute approximate surface area is 360 Å². The van der Waals surface area contributed by atoms with Gasteiger partial charge in [-0.15, -0.1) is 0 Å². The zero-order chi connectivity index (χ0) is 43.7. The van der Waals surface area contributed by atoms with Crippen molar-refractivity contribution in [3.63, 3.8) is 0 Å². The molecule has 3 atom stereocenters. The SMILES string of the molecule is CCCCCCCCCCCCCCCCCCCC(=O)OC[C@H](COP(=O)(O)OCC[N+](C)(C)C)OC(=O)CCC/C=C\C/C=C\C/C=C\C/C=C\C=C\[C@H](O)CC. The summed E-state index contributed by atoms with van der Waals surface area (Å²) in [6.07, 6.45) is 45.1. The van der Waals surface area contributed by atoms with E-state index in [2.05, 4.69) is 37.3 Å². The molecule has 11 heteroatoms. The Morgan fingerprint density at radius 2 is 1.10 bits per heavy atom. The van der Waals surface area contributed by atoms with E-state index in [0.29, 0.717) is 30.3 Å². The first-order valence-corrected chi connectivity index (χ1v) is 24.6. The number of unbranched alkanes of at least 4 members (excludes halogenated alkanes) is 17. The van der Waals surface area contributed by atoms with E-state index in [1.54, 1.807) is 6.08 Å². The standard InChI is InChI=1S/C48H86NO9P/c1-6-8-9-10-11-12-13-14-15-16-17-21-24-27-30-33-36-39-47(51)55-43-46(44-57-59(53,54)56-42-41-49(3,4)5)58-48(52)40-37-34-31-28-25-22-19-18-20-23-26-29-32-35-38-45(50)7-2/h19-20,22-23,28-29,31-32,35,38,45-46,50H,6-18,21,24-27,30,33-34,36-37,39-44H2,1-5H3/p+1/b22-19-,23-20-,31-28-,32-29-,38-35+/t45-,46-/m1/s1. The van der Waals surface area contributed by atoms with Crippen LogP contribution in [0.1, 0.15) is 174 Å². The predicted molar refractivity (Wildman–Crippen MR) is 244 cm³/mol. The molecule has 0 amide bonds. The van der Waals surface area contributed by atoms with Crippen molar-refractivity contribution in [2.75, 3.05) is 47.5 Å². The maximum atomic E-state index is 12.7. The minimum Gasteiger partial charge on any atom is -0.462 e. The average Bonchev–Trinajstić information content (AvgIpc) is 3.19. The van der Waals surface area contributed by atoms with Crippen molar-refractivity contribution >= 4 is 19.8 Å². The van der Waals surface area contributed by atoms with E-state index in [9.17, 15) is 24.2 Å². The van der Waals surface area contributed by atoms with Crippen LogP contribution in [-0.4, -0.2) is 86.1 Å². The lowest BCUT2D eigenvalue weighted by Crippen LogP contribution is -2.37. The first-order chi connectivity index (χ1) is 28.4. The van der Waals surface area contributed by atoms with Gasteiger partial charge >= 0.3 is 19.8 Å². The molecule has 342 valence electrons. The Hall–Kier alpha value is -2.33. The zero-order valence-corrected chi connectivity index (χ0v) is 39.0. The van der Waals surface area contributed by atoms with Crippen LogP contribution in [0.5, 0.6) is 0 Å². The predicted octanol–water partition coefficient (Wildman–Crippen LogP) is 12.2. The summed E-state index contributed by atoms with van der Waals surface area (Å²) < 4.78 is 34.3. The van der Waals surface area contributed by atoms with Crippen molar-refractivity contribution in [2.24, 2.45) is 0 Å². The summed E-state index contributed by atoms with van der Waals surface area (Å²) in [4.78, 5) is 35.4. The van der Waals surface area contributed by atoms with Crippen LogP contribution in [0.2, 0.25) is 0 Å². The van der Waals surface area contributed by atoms with E-state index in [4.69, 9.17) is 18.5 Å². The molecule has 0 saturated carbocycles. The van der Waals surface area contributed by atoms with Gasteiger partial charge < -0.3 is 24.0 Å². The number of carbonyl (C=O) groups is 2. The molecule has 0 aliphatic heterocycles. The summed E-state index contributed by atoms with van der Waals surface area (Å²) >= 11 is 0. The molecule has 0 aliphatic rings. The molecule has 2 N–H and O–H groups in total. The number of phosphoric ester groups is 1. The van der Waals surface area contributed by atoms with Crippen molar-refractivity contribution < 1.29 is 47.2 Å². The Morgan fingerprint density at radius 1 is 0.610 bits per heavy atom. The van der Waals surface area contributed by atoms with Gasteiger partial charge in [0.05, 0.1) is 33.9 Å². The van der Waals surface area contributed by atoms with Crippen molar-refractivity contribution in [1.29, 1.82) is 0 Å². The Kier molecular flexibility index (Phi) is 38.2. The zero-order valence-electron chi connectivity index (χ0n) is 38.1. The van der Waals surface area contributed by atoms with Gasteiger partial charge in [0, 0.05) is 12.8 Å². The normalized spacial score (nSPS) is 14.6. The van der Waals surface area contributed by atoms with Crippen molar-refractivity contribution in [1.82, 2.24) is 0 Å². The molecule has 1 unspecified atom stereocenters. The number of nitrogens with zero attached hydrogens (tertiary/aromatic N) is 1. The van der Waals surface area contributed by atoms with Gasteiger partial charge in [-0.25, -0.2) is 4.57 Å². The number of esters is 2. The maximum absolute atomic E-state index is 12.7.